The maximum Gasteiger partial charge on any atom is 0.228 e. The van der Waals surface area contributed by atoms with Crippen molar-refractivity contribution in [2.45, 2.75) is 4.90 Å². The molecule has 0 atom stereocenters. The SMILES string of the molecule is CS(=O)(=O)c1cccc(-c2cccnc2Oc2ccc(C(=O)c3nc4ccccc4[nH]3)cc2)c1. The summed E-state index contributed by atoms with van der Waals surface area (Å²) in [6, 6.07) is 24.3. The fourth-order valence-electron chi connectivity index (χ4n) is 3.57. The number of rotatable bonds is 6. The van der Waals surface area contributed by atoms with E-state index in [0.29, 0.717) is 28.3 Å². The number of hydrogen-bond donors (Lipinski definition) is 1. The lowest BCUT2D eigenvalue weighted by molar-refractivity contribution is 0.103. The molecule has 0 saturated carbocycles. The topological polar surface area (TPSA) is 102 Å². The maximum absolute atomic E-state index is 12.8. The number of aromatic nitrogens is 3. The van der Waals surface area contributed by atoms with Gasteiger partial charge in [-0.15, -0.1) is 0 Å². The van der Waals surface area contributed by atoms with Crippen LogP contribution in [0.2, 0.25) is 0 Å². The van der Waals surface area contributed by atoms with E-state index in [9.17, 15) is 13.2 Å². The minimum absolute atomic E-state index is 0.216. The molecule has 0 radical (unpaired) electrons. The van der Waals surface area contributed by atoms with Gasteiger partial charge in [-0.3, -0.25) is 4.79 Å². The predicted octanol–water partition coefficient (Wildman–Crippen LogP) is 5.05. The van der Waals surface area contributed by atoms with E-state index >= 15 is 0 Å². The fourth-order valence-corrected chi connectivity index (χ4v) is 4.24. The molecule has 168 valence electrons. The van der Waals surface area contributed by atoms with Crippen LogP contribution in [0.1, 0.15) is 16.2 Å². The van der Waals surface area contributed by atoms with Crippen molar-refractivity contribution in [2.75, 3.05) is 6.26 Å². The van der Waals surface area contributed by atoms with Gasteiger partial charge < -0.3 is 9.72 Å². The number of pyridine rings is 1. The molecule has 5 aromatic rings. The number of ketones is 1. The summed E-state index contributed by atoms with van der Waals surface area (Å²) in [6.07, 6.45) is 2.76. The van der Waals surface area contributed by atoms with Crippen LogP contribution in [-0.4, -0.2) is 35.4 Å². The second-order valence-electron chi connectivity index (χ2n) is 7.71. The van der Waals surface area contributed by atoms with Gasteiger partial charge in [-0.05, 0) is 66.2 Å². The number of fused-ring (bicyclic) bond motifs is 1. The van der Waals surface area contributed by atoms with E-state index in [-0.39, 0.29) is 16.5 Å². The highest BCUT2D eigenvalue weighted by atomic mass is 32.2. The molecule has 1 N–H and O–H groups in total. The summed E-state index contributed by atoms with van der Waals surface area (Å²) in [5.41, 5.74) is 3.31. The molecule has 0 bridgehead atoms. The van der Waals surface area contributed by atoms with E-state index in [4.69, 9.17) is 4.74 Å². The Kier molecular flexibility index (Phi) is 5.43. The number of para-hydroxylation sites is 2. The number of H-pyrrole nitrogens is 1. The molecule has 8 heteroatoms. The van der Waals surface area contributed by atoms with E-state index < -0.39 is 9.84 Å². The van der Waals surface area contributed by atoms with Gasteiger partial charge in [-0.2, -0.15) is 0 Å². The van der Waals surface area contributed by atoms with Crippen molar-refractivity contribution in [2.24, 2.45) is 0 Å². The Labute approximate surface area is 196 Å². The van der Waals surface area contributed by atoms with Crippen molar-refractivity contribution in [1.29, 1.82) is 0 Å². The largest absolute Gasteiger partial charge is 0.438 e. The Morgan fingerprint density at radius 1 is 0.912 bits per heavy atom. The van der Waals surface area contributed by atoms with Crippen molar-refractivity contribution in [1.82, 2.24) is 15.0 Å². The number of imidazole rings is 1. The molecule has 2 heterocycles. The Morgan fingerprint density at radius 3 is 2.47 bits per heavy atom. The Hall–Kier alpha value is -4.30. The van der Waals surface area contributed by atoms with Gasteiger partial charge in [0.15, 0.2) is 15.7 Å². The van der Waals surface area contributed by atoms with Gasteiger partial charge in [0.05, 0.1) is 15.9 Å². The predicted molar refractivity (Wildman–Crippen MR) is 129 cm³/mol. The lowest BCUT2D eigenvalue weighted by Gasteiger charge is -2.11. The van der Waals surface area contributed by atoms with Crippen LogP contribution in [0.15, 0.2) is 96.0 Å². The van der Waals surface area contributed by atoms with Crippen molar-refractivity contribution < 1.29 is 17.9 Å². The highest BCUT2D eigenvalue weighted by Crippen LogP contribution is 2.32. The molecule has 34 heavy (non-hydrogen) atoms. The van der Waals surface area contributed by atoms with Gasteiger partial charge >= 0.3 is 0 Å². The van der Waals surface area contributed by atoms with Crippen molar-refractivity contribution in [3.8, 4) is 22.8 Å². The average molecular weight is 470 g/mol. The molecule has 2 aromatic heterocycles. The van der Waals surface area contributed by atoms with Gasteiger partial charge in [-0.1, -0.05) is 24.3 Å². The van der Waals surface area contributed by atoms with E-state index in [1.54, 1.807) is 60.8 Å². The average Bonchev–Trinajstić information content (AvgIpc) is 3.28. The van der Waals surface area contributed by atoms with E-state index in [2.05, 4.69) is 15.0 Å². The number of nitrogens with one attached hydrogen (secondary N) is 1. The van der Waals surface area contributed by atoms with Crippen molar-refractivity contribution in [3.05, 3.63) is 103 Å². The van der Waals surface area contributed by atoms with Gasteiger partial charge in [0.1, 0.15) is 5.75 Å². The number of ether oxygens (including phenoxy) is 1. The number of nitrogens with zero attached hydrogens (tertiary/aromatic N) is 2. The Bertz CT molecular complexity index is 1590. The van der Waals surface area contributed by atoms with Gasteiger partial charge in [0.25, 0.3) is 0 Å². The molecule has 5 rings (SSSR count). The first kappa shape index (κ1) is 21.5. The van der Waals surface area contributed by atoms with E-state index in [0.717, 1.165) is 11.0 Å². The molecule has 0 aliphatic heterocycles. The quantitative estimate of drug-likeness (QED) is 0.349. The first-order valence-electron chi connectivity index (χ1n) is 10.4. The minimum Gasteiger partial charge on any atom is -0.438 e. The number of benzene rings is 3. The molecule has 0 saturated heterocycles. The van der Waals surface area contributed by atoms with Crippen LogP contribution in [0.3, 0.4) is 0 Å². The van der Waals surface area contributed by atoms with Crippen LogP contribution in [-0.2, 0) is 9.84 Å². The highest BCUT2D eigenvalue weighted by molar-refractivity contribution is 7.90. The zero-order valence-corrected chi connectivity index (χ0v) is 18.9. The number of carbonyl (C=O) groups is 1. The number of hydrogen-bond acceptors (Lipinski definition) is 6. The zero-order chi connectivity index (χ0) is 23.7. The first-order chi connectivity index (χ1) is 16.4. The fraction of sp³-hybridized carbons (Fsp3) is 0.0385. The molecular formula is C26H19N3O4S. The molecule has 0 amide bonds. The second kappa shape index (κ2) is 8.57. The van der Waals surface area contributed by atoms with E-state index in [1.165, 1.54) is 6.26 Å². The van der Waals surface area contributed by atoms with Crippen LogP contribution in [0.25, 0.3) is 22.2 Å². The van der Waals surface area contributed by atoms with Gasteiger partial charge in [0, 0.05) is 23.6 Å². The standard InChI is InChI=1S/C26H19N3O4S/c1-34(31,32)20-7-4-6-18(16-20)21-8-5-15-27-26(21)33-19-13-11-17(12-14-19)24(30)25-28-22-9-2-3-10-23(22)29-25/h2-16H,1H3,(H,28,29). The van der Waals surface area contributed by atoms with Crippen LogP contribution < -0.4 is 4.74 Å². The smallest absolute Gasteiger partial charge is 0.228 e. The molecule has 0 spiro atoms. The Balaban J connectivity index is 1.40. The number of sulfone groups is 1. The summed E-state index contributed by atoms with van der Waals surface area (Å²) in [5.74, 6) is 0.858. The van der Waals surface area contributed by atoms with Crippen LogP contribution >= 0.6 is 0 Å². The Morgan fingerprint density at radius 2 is 1.71 bits per heavy atom. The first-order valence-corrected chi connectivity index (χ1v) is 12.3. The summed E-state index contributed by atoms with van der Waals surface area (Å²) in [4.78, 5) is 24.8. The second-order valence-corrected chi connectivity index (χ2v) is 9.73. The van der Waals surface area contributed by atoms with Gasteiger partial charge in [0.2, 0.25) is 11.7 Å². The van der Waals surface area contributed by atoms with Crippen molar-refractivity contribution in [3.63, 3.8) is 0 Å². The van der Waals surface area contributed by atoms with Crippen LogP contribution in [0.5, 0.6) is 11.6 Å². The zero-order valence-electron chi connectivity index (χ0n) is 18.1. The third-order valence-electron chi connectivity index (χ3n) is 5.28. The van der Waals surface area contributed by atoms with Crippen LogP contribution in [0, 0.1) is 0 Å². The normalized spacial score (nSPS) is 11.4. The summed E-state index contributed by atoms with van der Waals surface area (Å²) in [7, 11) is -3.35. The molecule has 0 unspecified atom stereocenters. The lowest BCUT2D eigenvalue weighted by atomic mass is 10.1. The maximum atomic E-state index is 12.8. The highest BCUT2D eigenvalue weighted by Gasteiger charge is 2.15. The number of carbonyl (C=O) groups excluding carboxylic acids is 1. The molecule has 3 aromatic carbocycles. The summed E-state index contributed by atoms with van der Waals surface area (Å²) in [6.45, 7) is 0. The summed E-state index contributed by atoms with van der Waals surface area (Å²) < 4.78 is 29.9. The molecular weight excluding hydrogens is 450 g/mol. The molecule has 0 aliphatic rings. The molecule has 0 fully saturated rings. The summed E-state index contributed by atoms with van der Waals surface area (Å²) in [5, 5.41) is 0. The number of aromatic amines is 1. The van der Waals surface area contributed by atoms with E-state index in [1.807, 2.05) is 30.3 Å². The minimum atomic E-state index is -3.35. The van der Waals surface area contributed by atoms with Crippen LogP contribution in [0.4, 0.5) is 0 Å². The third-order valence-corrected chi connectivity index (χ3v) is 6.39. The van der Waals surface area contributed by atoms with Gasteiger partial charge in [-0.25, -0.2) is 18.4 Å². The monoisotopic (exact) mass is 469 g/mol. The summed E-state index contributed by atoms with van der Waals surface area (Å²) >= 11 is 0. The lowest BCUT2D eigenvalue weighted by Crippen LogP contribution is -2.03. The third kappa shape index (κ3) is 4.31. The van der Waals surface area contributed by atoms with Crippen molar-refractivity contribution >= 4 is 26.7 Å². The molecule has 7 nitrogen and oxygen atoms in total. The molecule has 0 aliphatic carbocycles.